The van der Waals surface area contributed by atoms with Gasteiger partial charge in [0.25, 0.3) is 0 Å². The first-order chi connectivity index (χ1) is 11.5. The zero-order valence-electron chi connectivity index (χ0n) is 13.7. The number of carbonyl (C=O) groups is 1. The second kappa shape index (κ2) is 7.09. The molecular weight excluding hydrogens is 330 g/mol. The van der Waals surface area contributed by atoms with E-state index in [1.807, 2.05) is 18.5 Å². The number of nitrogens with zero attached hydrogens (tertiary/aromatic N) is 3. The summed E-state index contributed by atoms with van der Waals surface area (Å²) in [6, 6.07) is 4.94. The maximum atomic E-state index is 12.2. The molecule has 2 heterocycles. The molecule has 1 aliphatic heterocycles. The fourth-order valence-electron chi connectivity index (χ4n) is 2.76. The Morgan fingerprint density at radius 3 is 3.08 bits per heavy atom. The van der Waals surface area contributed by atoms with E-state index in [1.54, 1.807) is 18.2 Å². The molecule has 0 unspecified atom stereocenters. The standard InChI is InChI=1S/C16H20ClN5O2/c1-3-24-14-6-4-11(8-13(14)17)19-16(23)20-12-5-7-15-18-10(2)21-22(15)9-12/h4,6,8,12H,3,5,7,9H2,1-2H3,(H2,19,20,23)/t12-/m0/s1. The van der Waals surface area contributed by atoms with Crippen LogP contribution in [0.1, 0.15) is 25.0 Å². The molecule has 1 aliphatic rings. The van der Waals surface area contributed by atoms with Crippen LogP contribution in [0.4, 0.5) is 10.5 Å². The van der Waals surface area contributed by atoms with Gasteiger partial charge in [0.15, 0.2) is 0 Å². The molecule has 24 heavy (non-hydrogen) atoms. The monoisotopic (exact) mass is 349 g/mol. The molecular formula is C16H20ClN5O2. The molecule has 2 N–H and O–H groups in total. The van der Waals surface area contributed by atoms with Crippen molar-refractivity contribution in [3.05, 3.63) is 34.9 Å². The fourth-order valence-corrected chi connectivity index (χ4v) is 2.99. The van der Waals surface area contributed by atoms with Crippen LogP contribution in [0.25, 0.3) is 0 Å². The number of nitrogens with one attached hydrogen (secondary N) is 2. The molecule has 2 amide bonds. The Balaban J connectivity index is 1.57. The van der Waals surface area contributed by atoms with Crippen molar-refractivity contribution in [1.82, 2.24) is 20.1 Å². The smallest absolute Gasteiger partial charge is 0.319 e. The topological polar surface area (TPSA) is 81.1 Å². The third kappa shape index (κ3) is 3.79. The van der Waals surface area contributed by atoms with E-state index in [-0.39, 0.29) is 12.1 Å². The molecule has 0 radical (unpaired) electrons. The second-order valence-corrected chi connectivity index (χ2v) is 6.08. The molecule has 0 fully saturated rings. The summed E-state index contributed by atoms with van der Waals surface area (Å²) in [5, 5.41) is 10.6. The zero-order chi connectivity index (χ0) is 17.1. The predicted molar refractivity (Wildman–Crippen MR) is 91.6 cm³/mol. The Morgan fingerprint density at radius 2 is 2.33 bits per heavy atom. The van der Waals surface area contributed by atoms with Crippen molar-refractivity contribution in [2.45, 2.75) is 39.3 Å². The number of hydrogen-bond acceptors (Lipinski definition) is 4. The van der Waals surface area contributed by atoms with E-state index >= 15 is 0 Å². The summed E-state index contributed by atoms with van der Waals surface area (Å²) in [4.78, 5) is 16.5. The van der Waals surface area contributed by atoms with Crippen LogP contribution in [0.15, 0.2) is 18.2 Å². The number of ether oxygens (including phenoxy) is 1. The van der Waals surface area contributed by atoms with Crippen molar-refractivity contribution in [3.8, 4) is 5.75 Å². The first-order valence-corrected chi connectivity index (χ1v) is 8.33. The van der Waals surface area contributed by atoms with Gasteiger partial charge in [-0.25, -0.2) is 14.5 Å². The maximum Gasteiger partial charge on any atom is 0.319 e. The van der Waals surface area contributed by atoms with Crippen molar-refractivity contribution >= 4 is 23.3 Å². The summed E-state index contributed by atoms with van der Waals surface area (Å²) in [6.45, 7) is 4.93. The lowest BCUT2D eigenvalue weighted by molar-refractivity contribution is 0.243. The van der Waals surface area contributed by atoms with Gasteiger partial charge in [-0.1, -0.05) is 11.6 Å². The molecule has 3 rings (SSSR count). The van der Waals surface area contributed by atoms with Gasteiger partial charge in [0.1, 0.15) is 17.4 Å². The Morgan fingerprint density at radius 1 is 1.50 bits per heavy atom. The van der Waals surface area contributed by atoms with Gasteiger partial charge < -0.3 is 15.4 Å². The number of rotatable bonds is 4. The number of hydrogen-bond donors (Lipinski definition) is 2. The van der Waals surface area contributed by atoms with Crippen molar-refractivity contribution in [1.29, 1.82) is 0 Å². The molecule has 7 nitrogen and oxygen atoms in total. The third-order valence-electron chi connectivity index (χ3n) is 3.79. The van der Waals surface area contributed by atoms with E-state index in [4.69, 9.17) is 16.3 Å². The van der Waals surface area contributed by atoms with Gasteiger partial charge in [0, 0.05) is 12.1 Å². The molecule has 8 heteroatoms. The van der Waals surface area contributed by atoms with E-state index in [1.165, 1.54) is 0 Å². The molecule has 1 atom stereocenters. The molecule has 0 saturated carbocycles. The molecule has 0 saturated heterocycles. The summed E-state index contributed by atoms with van der Waals surface area (Å²) in [5.74, 6) is 2.34. The molecule has 0 spiro atoms. The van der Waals surface area contributed by atoms with Crippen LogP contribution in [-0.4, -0.2) is 33.4 Å². The van der Waals surface area contributed by atoms with Gasteiger partial charge in [-0.15, -0.1) is 0 Å². The zero-order valence-corrected chi connectivity index (χ0v) is 14.4. The van der Waals surface area contributed by atoms with Crippen LogP contribution >= 0.6 is 11.6 Å². The molecule has 128 valence electrons. The number of benzene rings is 1. The Hall–Kier alpha value is -2.28. The number of anilines is 1. The SMILES string of the molecule is CCOc1ccc(NC(=O)N[C@H]2CCc3nc(C)nn3C2)cc1Cl. The fraction of sp³-hybridized carbons (Fsp3) is 0.438. The number of aromatic nitrogens is 3. The third-order valence-corrected chi connectivity index (χ3v) is 4.08. The highest BCUT2D eigenvalue weighted by Gasteiger charge is 2.22. The summed E-state index contributed by atoms with van der Waals surface area (Å²) < 4.78 is 7.24. The minimum absolute atomic E-state index is 0.0248. The van der Waals surface area contributed by atoms with Crippen LogP contribution in [0, 0.1) is 6.92 Å². The van der Waals surface area contributed by atoms with Gasteiger partial charge in [-0.05, 0) is 38.5 Å². The summed E-state index contributed by atoms with van der Waals surface area (Å²) in [5.41, 5.74) is 0.619. The van der Waals surface area contributed by atoms with E-state index in [0.29, 0.717) is 29.6 Å². The van der Waals surface area contributed by atoms with Crippen LogP contribution in [-0.2, 0) is 13.0 Å². The Labute approximate surface area is 145 Å². The van der Waals surface area contributed by atoms with Crippen molar-refractivity contribution in [3.63, 3.8) is 0 Å². The minimum atomic E-state index is -0.263. The quantitative estimate of drug-likeness (QED) is 0.889. The van der Waals surface area contributed by atoms with Crippen molar-refractivity contribution in [2.24, 2.45) is 0 Å². The van der Waals surface area contributed by atoms with Crippen LogP contribution in [0.2, 0.25) is 5.02 Å². The van der Waals surface area contributed by atoms with E-state index in [9.17, 15) is 4.79 Å². The minimum Gasteiger partial charge on any atom is -0.492 e. The highest BCUT2D eigenvalue weighted by atomic mass is 35.5. The number of amides is 2. The average Bonchev–Trinajstić information content (AvgIpc) is 2.89. The number of fused-ring (bicyclic) bond motifs is 1. The maximum absolute atomic E-state index is 12.2. The summed E-state index contributed by atoms with van der Waals surface area (Å²) in [7, 11) is 0. The molecule has 2 aromatic rings. The second-order valence-electron chi connectivity index (χ2n) is 5.67. The molecule has 1 aromatic heterocycles. The van der Waals surface area contributed by atoms with E-state index in [2.05, 4.69) is 20.7 Å². The average molecular weight is 350 g/mol. The normalized spacial score (nSPS) is 16.4. The Bertz CT molecular complexity index is 746. The Kier molecular flexibility index (Phi) is 4.89. The van der Waals surface area contributed by atoms with Gasteiger partial charge in [0.05, 0.1) is 24.2 Å². The molecule has 0 bridgehead atoms. The number of urea groups is 1. The van der Waals surface area contributed by atoms with E-state index in [0.717, 1.165) is 24.5 Å². The number of halogens is 1. The van der Waals surface area contributed by atoms with Gasteiger partial charge in [-0.3, -0.25) is 0 Å². The van der Waals surface area contributed by atoms with Crippen LogP contribution < -0.4 is 15.4 Å². The first kappa shape index (κ1) is 16.6. The highest BCUT2D eigenvalue weighted by Crippen LogP contribution is 2.27. The lowest BCUT2D eigenvalue weighted by Gasteiger charge is -2.23. The summed E-state index contributed by atoms with van der Waals surface area (Å²) >= 11 is 6.13. The van der Waals surface area contributed by atoms with Gasteiger partial charge in [-0.2, -0.15) is 5.10 Å². The molecule has 0 aliphatic carbocycles. The summed E-state index contributed by atoms with van der Waals surface area (Å²) in [6.07, 6.45) is 1.65. The van der Waals surface area contributed by atoms with Crippen LogP contribution in [0.5, 0.6) is 5.75 Å². The molecule has 1 aromatic carbocycles. The number of carbonyl (C=O) groups excluding carboxylic acids is 1. The predicted octanol–water partition coefficient (Wildman–Crippen LogP) is 2.78. The van der Waals surface area contributed by atoms with Gasteiger partial charge in [0.2, 0.25) is 0 Å². The largest absolute Gasteiger partial charge is 0.492 e. The van der Waals surface area contributed by atoms with Gasteiger partial charge >= 0.3 is 6.03 Å². The lowest BCUT2D eigenvalue weighted by Crippen LogP contribution is -2.43. The lowest BCUT2D eigenvalue weighted by atomic mass is 10.1. The van der Waals surface area contributed by atoms with Crippen molar-refractivity contribution in [2.75, 3.05) is 11.9 Å². The first-order valence-electron chi connectivity index (χ1n) is 7.95. The highest BCUT2D eigenvalue weighted by molar-refractivity contribution is 6.32. The van der Waals surface area contributed by atoms with E-state index < -0.39 is 0 Å². The van der Waals surface area contributed by atoms with Crippen molar-refractivity contribution < 1.29 is 9.53 Å². The number of aryl methyl sites for hydroxylation is 2. The van der Waals surface area contributed by atoms with Crippen LogP contribution in [0.3, 0.4) is 0 Å².